The van der Waals surface area contributed by atoms with Crippen LogP contribution in [0.1, 0.15) is 86.5 Å². The lowest BCUT2D eigenvalue weighted by Crippen LogP contribution is -2.61. The maximum Gasteiger partial charge on any atom is 0.454 e. The average molecular weight is 547 g/mol. The van der Waals surface area contributed by atoms with Crippen molar-refractivity contribution in [3.05, 3.63) is 0 Å². The van der Waals surface area contributed by atoms with Crippen molar-refractivity contribution in [2.75, 3.05) is 0 Å². The van der Waals surface area contributed by atoms with E-state index in [0.29, 0.717) is 35.5 Å². The molecule has 2 aliphatic heterocycles. The van der Waals surface area contributed by atoms with Gasteiger partial charge >= 0.3 is 13.1 Å². The summed E-state index contributed by atoms with van der Waals surface area (Å²) in [4.78, 5) is 13.6. The fourth-order valence-corrected chi connectivity index (χ4v) is 11.1. The summed E-state index contributed by atoms with van der Waals surface area (Å²) in [6, 6.07) is 0. The Morgan fingerprint density at radius 3 is 2.21 bits per heavy atom. The van der Waals surface area contributed by atoms with Gasteiger partial charge < -0.3 is 18.5 Å². The normalized spacial score (nSPS) is 46.8. The van der Waals surface area contributed by atoms with Gasteiger partial charge in [-0.25, -0.2) is 0 Å². The third-order valence-electron chi connectivity index (χ3n) is 12.2. The second-order valence-electron chi connectivity index (χ2n) is 15.8. The summed E-state index contributed by atoms with van der Waals surface area (Å²) in [6.45, 7) is 23.1. The standard InChI is InChI=1S/C31H55BO5Si/c1-18(2)19(3)26-27(36-32(7)35-26)20(4)22-11-12-23-28-24(14-16-30(22,23)5)31(6)15-13-21(37-38(8,9)10)17-25(31)29(33)34-28/h18-28H,11-17H2,1-10H3/t19-,20-,21-,22+,23?,24?,25+,26+,27+,28?,30+,31+/m0/s1. The molecule has 2 heterocycles. The first-order chi connectivity index (χ1) is 17.7. The Morgan fingerprint density at radius 2 is 1.55 bits per heavy atom. The molecule has 12 atom stereocenters. The van der Waals surface area contributed by atoms with Gasteiger partial charge in [0, 0.05) is 17.9 Å². The first kappa shape index (κ1) is 29.1. The number of hydrogen-bond acceptors (Lipinski definition) is 5. The third kappa shape index (κ3) is 4.87. The van der Waals surface area contributed by atoms with Gasteiger partial charge in [0.15, 0.2) is 8.32 Å². The summed E-state index contributed by atoms with van der Waals surface area (Å²) < 4.78 is 25.8. The van der Waals surface area contributed by atoms with E-state index in [1.165, 1.54) is 19.3 Å². The predicted octanol–water partition coefficient (Wildman–Crippen LogP) is 7.21. The Kier molecular flexibility index (Phi) is 7.80. The van der Waals surface area contributed by atoms with Crippen molar-refractivity contribution in [3.8, 4) is 0 Å². The van der Waals surface area contributed by atoms with Crippen LogP contribution in [0, 0.1) is 52.3 Å². The van der Waals surface area contributed by atoms with E-state index in [2.05, 4.69) is 68.0 Å². The Labute approximate surface area is 234 Å². The molecule has 38 heavy (non-hydrogen) atoms. The van der Waals surface area contributed by atoms with E-state index in [4.69, 9.17) is 18.5 Å². The molecule has 5 rings (SSSR count). The van der Waals surface area contributed by atoms with E-state index in [0.717, 1.165) is 25.7 Å². The van der Waals surface area contributed by atoms with Crippen LogP contribution in [0.4, 0.5) is 0 Å². The summed E-state index contributed by atoms with van der Waals surface area (Å²) >= 11 is 0. The summed E-state index contributed by atoms with van der Waals surface area (Å²) in [5.41, 5.74) is 0.225. The van der Waals surface area contributed by atoms with Crippen molar-refractivity contribution in [2.45, 2.75) is 137 Å². The molecule has 0 N–H and O–H groups in total. The van der Waals surface area contributed by atoms with Crippen LogP contribution in [-0.4, -0.2) is 45.8 Å². The maximum absolute atomic E-state index is 13.6. The molecule has 2 saturated heterocycles. The lowest BCUT2D eigenvalue weighted by Gasteiger charge is -2.60. The minimum Gasteiger partial charge on any atom is -0.462 e. The molecule has 3 saturated carbocycles. The number of rotatable bonds is 6. The van der Waals surface area contributed by atoms with Gasteiger partial charge in [0.25, 0.3) is 0 Å². The van der Waals surface area contributed by atoms with Gasteiger partial charge in [-0.3, -0.25) is 4.79 Å². The second kappa shape index (κ2) is 10.2. The van der Waals surface area contributed by atoms with Crippen LogP contribution in [-0.2, 0) is 23.3 Å². The van der Waals surface area contributed by atoms with E-state index in [1.54, 1.807) is 0 Å². The SMILES string of the molecule is CB1O[C@H]([C@@H](C)[C@H]2CCC3C4OC(=O)[C@H]5C[C@@H](O[Si](C)(C)C)CC[C@]5(C)C4CC[C@@]32C)[C@@H]([C@@H](C)C(C)C)O1. The molecule has 0 amide bonds. The summed E-state index contributed by atoms with van der Waals surface area (Å²) in [6.07, 6.45) is 8.36. The number of hydrogen-bond donors (Lipinski definition) is 0. The van der Waals surface area contributed by atoms with Crippen molar-refractivity contribution < 1.29 is 23.3 Å². The molecular weight excluding hydrogens is 491 g/mol. The summed E-state index contributed by atoms with van der Waals surface area (Å²) in [5.74, 6) is 3.00. The highest BCUT2D eigenvalue weighted by atomic mass is 28.4. The predicted molar refractivity (Wildman–Crippen MR) is 155 cm³/mol. The Morgan fingerprint density at radius 1 is 0.921 bits per heavy atom. The van der Waals surface area contributed by atoms with Gasteiger partial charge in [-0.05, 0) is 106 Å². The molecule has 0 bridgehead atoms. The van der Waals surface area contributed by atoms with E-state index in [1.807, 2.05) is 0 Å². The molecule has 216 valence electrons. The van der Waals surface area contributed by atoms with Gasteiger partial charge in [-0.15, -0.1) is 0 Å². The topological polar surface area (TPSA) is 54.0 Å². The highest BCUT2D eigenvalue weighted by molar-refractivity contribution is 6.69. The smallest absolute Gasteiger partial charge is 0.454 e. The van der Waals surface area contributed by atoms with Crippen LogP contribution in [0.25, 0.3) is 0 Å². The Hall–Kier alpha value is -0.368. The van der Waals surface area contributed by atoms with E-state index in [-0.39, 0.29) is 54.3 Å². The average Bonchev–Trinajstić information content (AvgIpc) is 3.38. The minimum absolute atomic E-state index is 0.0110. The quantitative estimate of drug-likeness (QED) is 0.260. The highest BCUT2D eigenvalue weighted by Gasteiger charge is 2.65. The van der Waals surface area contributed by atoms with Crippen LogP contribution in [0.3, 0.4) is 0 Å². The lowest BCUT2D eigenvalue weighted by atomic mass is 9.49. The van der Waals surface area contributed by atoms with E-state index >= 15 is 0 Å². The Balaban J connectivity index is 1.34. The molecule has 3 unspecified atom stereocenters. The maximum atomic E-state index is 13.6. The molecule has 0 aromatic rings. The monoisotopic (exact) mass is 546 g/mol. The molecule has 0 radical (unpaired) electrons. The van der Waals surface area contributed by atoms with Crippen LogP contribution in [0.5, 0.6) is 0 Å². The van der Waals surface area contributed by atoms with Crippen LogP contribution in [0.15, 0.2) is 0 Å². The molecule has 7 heteroatoms. The van der Waals surface area contributed by atoms with Gasteiger partial charge in [0.2, 0.25) is 0 Å². The van der Waals surface area contributed by atoms with Crippen LogP contribution in [0.2, 0.25) is 26.5 Å². The van der Waals surface area contributed by atoms with Crippen molar-refractivity contribution in [2.24, 2.45) is 52.3 Å². The van der Waals surface area contributed by atoms with Crippen LogP contribution >= 0.6 is 0 Å². The third-order valence-corrected chi connectivity index (χ3v) is 13.3. The number of fused-ring (bicyclic) bond motifs is 5. The number of ether oxygens (including phenoxy) is 1. The summed E-state index contributed by atoms with van der Waals surface area (Å²) in [5, 5.41) is 0. The Bertz CT molecular complexity index is 892. The molecule has 3 aliphatic carbocycles. The molecule has 5 fully saturated rings. The van der Waals surface area contributed by atoms with E-state index in [9.17, 15) is 4.79 Å². The summed E-state index contributed by atoms with van der Waals surface area (Å²) in [7, 11) is -1.77. The fourth-order valence-electron chi connectivity index (χ4n) is 9.86. The largest absolute Gasteiger partial charge is 0.462 e. The van der Waals surface area contributed by atoms with Gasteiger partial charge in [0.1, 0.15) is 6.10 Å². The zero-order chi connectivity index (χ0) is 27.8. The number of carbonyl (C=O) groups excluding carboxylic acids is 1. The van der Waals surface area contributed by atoms with Crippen LogP contribution < -0.4 is 0 Å². The highest BCUT2D eigenvalue weighted by Crippen LogP contribution is 2.66. The molecule has 5 aliphatic rings. The molecule has 5 nitrogen and oxygen atoms in total. The first-order valence-corrected chi connectivity index (χ1v) is 19.3. The lowest BCUT2D eigenvalue weighted by molar-refractivity contribution is -0.217. The first-order valence-electron chi connectivity index (χ1n) is 15.8. The number of esters is 1. The van der Waals surface area contributed by atoms with Crippen molar-refractivity contribution in [3.63, 3.8) is 0 Å². The fraction of sp³-hybridized carbons (Fsp3) is 0.968. The minimum atomic E-state index is -1.63. The number of carbonyl (C=O) groups is 1. The zero-order valence-corrected chi connectivity index (χ0v) is 26.9. The molecular formula is C31H55BO5Si. The second-order valence-corrected chi connectivity index (χ2v) is 20.2. The zero-order valence-electron chi connectivity index (χ0n) is 25.9. The van der Waals surface area contributed by atoms with Gasteiger partial charge in [0.05, 0.1) is 18.1 Å². The van der Waals surface area contributed by atoms with E-state index < -0.39 is 8.32 Å². The van der Waals surface area contributed by atoms with Crippen molar-refractivity contribution >= 4 is 21.4 Å². The van der Waals surface area contributed by atoms with Gasteiger partial charge in [-0.1, -0.05) is 41.5 Å². The van der Waals surface area contributed by atoms with Crippen molar-refractivity contribution in [1.29, 1.82) is 0 Å². The molecule has 0 aromatic heterocycles. The van der Waals surface area contributed by atoms with Gasteiger partial charge in [-0.2, -0.15) is 0 Å². The van der Waals surface area contributed by atoms with Crippen molar-refractivity contribution in [1.82, 2.24) is 0 Å². The molecule has 0 spiro atoms. The molecule has 0 aromatic carbocycles.